The van der Waals surface area contributed by atoms with Gasteiger partial charge in [-0.3, -0.25) is 4.79 Å². The molecule has 5 nitrogen and oxygen atoms in total. The highest BCUT2D eigenvalue weighted by atomic mass is 79.9. The third-order valence-electron chi connectivity index (χ3n) is 5.36. The lowest BCUT2D eigenvalue weighted by Crippen LogP contribution is -2.22. The monoisotopic (exact) mass is 625 g/mol. The Hall–Kier alpha value is -2.09. The highest BCUT2D eigenvalue weighted by Crippen LogP contribution is 2.35. The van der Waals surface area contributed by atoms with Crippen LogP contribution in [0.5, 0.6) is 5.75 Å². The second-order valence-corrected chi connectivity index (χ2v) is 10.6. The van der Waals surface area contributed by atoms with Crippen LogP contribution in [0, 0.1) is 0 Å². The number of ether oxygens (including phenoxy) is 1. The highest BCUT2D eigenvalue weighted by Gasteiger charge is 2.13. The van der Waals surface area contributed by atoms with Gasteiger partial charge in [0.1, 0.15) is 12.4 Å². The third kappa shape index (κ3) is 6.24. The van der Waals surface area contributed by atoms with Gasteiger partial charge in [-0.2, -0.15) is 9.78 Å². The van der Waals surface area contributed by atoms with E-state index in [0.29, 0.717) is 54.6 Å². The molecule has 4 rings (SSSR count). The molecule has 0 bridgehead atoms. The summed E-state index contributed by atoms with van der Waals surface area (Å²) in [6.45, 7) is 2.25. The molecule has 1 aromatic heterocycles. The van der Waals surface area contributed by atoms with Crippen LogP contribution < -0.4 is 10.3 Å². The zero-order valence-corrected chi connectivity index (χ0v) is 23.7. The first kappa shape index (κ1) is 27.0. The zero-order chi connectivity index (χ0) is 25.8. The van der Waals surface area contributed by atoms with Crippen molar-refractivity contribution in [2.75, 3.05) is 0 Å². The number of nitrogens with zero attached hydrogens (tertiary/aromatic N) is 3. The normalized spacial score (nSPS) is 11.5. The lowest BCUT2D eigenvalue weighted by Gasteiger charge is -2.12. The molecule has 0 aliphatic rings. The number of aromatic nitrogens is 2. The molecule has 0 atom stereocenters. The molecule has 186 valence electrons. The number of unbranched alkanes of at least 4 members (excludes halogenated alkanes) is 1. The first-order valence-corrected chi connectivity index (χ1v) is 13.4. The summed E-state index contributed by atoms with van der Waals surface area (Å²) in [5.74, 6) is 0.907. The first-order chi connectivity index (χ1) is 17.3. The molecule has 3 aromatic carbocycles. The molecule has 0 saturated heterocycles. The van der Waals surface area contributed by atoms with Crippen molar-refractivity contribution in [1.82, 2.24) is 9.66 Å². The van der Waals surface area contributed by atoms with Crippen LogP contribution in [0.3, 0.4) is 0 Å². The summed E-state index contributed by atoms with van der Waals surface area (Å²) in [4.78, 5) is 17.9. The molecule has 0 saturated carbocycles. The van der Waals surface area contributed by atoms with E-state index in [2.05, 4.69) is 32.9 Å². The second-order valence-electron chi connectivity index (χ2n) is 7.99. The Morgan fingerprint density at radius 1 is 1.03 bits per heavy atom. The molecule has 0 amide bonds. The molecule has 0 aliphatic heterocycles. The minimum Gasteiger partial charge on any atom is -0.486 e. The van der Waals surface area contributed by atoms with Crippen LogP contribution in [-0.2, 0) is 13.0 Å². The summed E-state index contributed by atoms with van der Waals surface area (Å²) < 4.78 is 7.95. The maximum atomic E-state index is 13.2. The fourth-order valence-electron chi connectivity index (χ4n) is 3.52. The minimum absolute atomic E-state index is 0.164. The van der Waals surface area contributed by atoms with E-state index in [0.717, 1.165) is 22.9 Å². The molecule has 0 fully saturated rings. The fraction of sp³-hybridized carbons (Fsp3) is 0.192. The van der Waals surface area contributed by atoms with Crippen molar-refractivity contribution >= 4 is 79.5 Å². The van der Waals surface area contributed by atoms with Gasteiger partial charge in [0.2, 0.25) is 0 Å². The molecular formula is C26H20BrCl4N3O2. The number of rotatable bonds is 8. The summed E-state index contributed by atoms with van der Waals surface area (Å²) in [5.41, 5.74) is 1.73. The smallest absolute Gasteiger partial charge is 0.282 e. The first-order valence-electron chi connectivity index (χ1n) is 11.1. The van der Waals surface area contributed by atoms with Gasteiger partial charge in [-0.25, -0.2) is 4.98 Å². The van der Waals surface area contributed by atoms with E-state index >= 15 is 0 Å². The van der Waals surface area contributed by atoms with Gasteiger partial charge < -0.3 is 4.74 Å². The van der Waals surface area contributed by atoms with Crippen LogP contribution in [0.25, 0.3) is 10.9 Å². The van der Waals surface area contributed by atoms with Crippen LogP contribution in [0.4, 0.5) is 0 Å². The summed E-state index contributed by atoms with van der Waals surface area (Å²) in [5, 5.41) is 6.54. The molecule has 10 heteroatoms. The van der Waals surface area contributed by atoms with Crippen LogP contribution in [-0.4, -0.2) is 15.9 Å². The summed E-state index contributed by atoms with van der Waals surface area (Å²) in [6, 6.07) is 13.9. The number of fused-ring (bicyclic) bond motifs is 1. The van der Waals surface area contributed by atoms with Gasteiger partial charge >= 0.3 is 0 Å². The van der Waals surface area contributed by atoms with Crippen molar-refractivity contribution in [3.63, 3.8) is 0 Å². The Kier molecular flexibility index (Phi) is 8.96. The average Bonchev–Trinajstić information content (AvgIpc) is 2.83. The van der Waals surface area contributed by atoms with Gasteiger partial charge in [0, 0.05) is 26.5 Å². The topological polar surface area (TPSA) is 56.5 Å². The molecular weight excluding hydrogens is 608 g/mol. The van der Waals surface area contributed by atoms with E-state index in [1.807, 2.05) is 12.1 Å². The quantitative estimate of drug-likeness (QED) is 0.184. The average molecular weight is 628 g/mol. The summed E-state index contributed by atoms with van der Waals surface area (Å²) >= 11 is 28.5. The van der Waals surface area contributed by atoms with E-state index < -0.39 is 0 Å². The van der Waals surface area contributed by atoms with E-state index in [9.17, 15) is 4.79 Å². The summed E-state index contributed by atoms with van der Waals surface area (Å²) in [6.07, 6.45) is 3.99. The number of benzene rings is 3. The fourth-order valence-corrected chi connectivity index (χ4v) is 4.95. The van der Waals surface area contributed by atoms with Crippen molar-refractivity contribution in [3.05, 3.63) is 100 Å². The Bertz CT molecular complexity index is 1500. The zero-order valence-electron chi connectivity index (χ0n) is 19.1. The van der Waals surface area contributed by atoms with Gasteiger partial charge in [0.05, 0.1) is 27.2 Å². The van der Waals surface area contributed by atoms with Crippen LogP contribution in [0.1, 0.15) is 36.7 Å². The lowest BCUT2D eigenvalue weighted by atomic mass is 10.2. The molecule has 0 unspecified atom stereocenters. The van der Waals surface area contributed by atoms with E-state index in [-0.39, 0.29) is 12.2 Å². The van der Waals surface area contributed by atoms with Crippen molar-refractivity contribution in [2.45, 2.75) is 32.8 Å². The predicted molar refractivity (Wildman–Crippen MR) is 153 cm³/mol. The number of halogens is 5. The molecule has 0 N–H and O–H groups in total. The molecule has 0 radical (unpaired) electrons. The van der Waals surface area contributed by atoms with Gasteiger partial charge in [-0.1, -0.05) is 81.7 Å². The van der Waals surface area contributed by atoms with Crippen molar-refractivity contribution in [1.29, 1.82) is 0 Å². The number of aryl methyl sites for hydroxylation is 1. The van der Waals surface area contributed by atoms with Crippen molar-refractivity contribution < 1.29 is 4.74 Å². The molecule has 4 aromatic rings. The maximum Gasteiger partial charge on any atom is 0.282 e. The maximum absolute atomic E-state index is 13.2. The number of hydrogen-bond acceptors (Lipinski definition) is 4. The predicted octanol–water partition coefficient (Wildman–Crippen LogP) is 8.58. The van der Waals surface area contributed by atoms with E-state index in [1.165, 1.54) is 10.9 Å². The van der Waals surface area contributed by atoms with Gasteiger partial charge in [-0.05, 0) is 54.4 Å². The molecule has 36 heavy (non-hydrogen) atoms. The Labute approximate surface area is 236 Å². The largest absolute Gasteiger partial charge is 0.486 e. The van der Waals surface area contributed by atoms with Crippen molar-refractivity contribution in [3.8, 4) is 5.75 Å². The number of hydrogen-bond donors (Lipinski definition) is 0. The van der Waals surface area contributed by atoms with Crippen LogP contribution in [0.15, 0.2) is 62.9 Å². The minimum atomic E-state index is -0.249. The van der Waals surface area contributed by atoms with Gasteiger partial charge in [-0.15, -0.1) is 0 Å². The van der Waals surface area contributed by atoms with Gasteiger partial charge in [0.25, 0.3) is 5.56 Å². The lowest BCUT2D eigenvalue weighted by molar-refractivity contribution is 0.306. The molecule has 1 heterocycles. The third-order valence-corrected chi connectivity index (χ3v) is 7.00. The van der Waals surface area contributed by atoms with Crippen molar-refractivity contribution in [2.24, 2.45) is 5.10 Å². The Morgan fingerprint density at radius 2 is 1.78 bits per heavy atom. The highest BCUT2D eigenvalue weighted by molar-refractivity contribution is 9.10. The summed E-state index contributed by atoms with van der Waals surface area (Å²) in [7, 11) is 0. The van der Waals surface area contributed by atoms with Crippen LogP contribution >= 0.6 is 62.3 Å². The Morgan fingerprint density at radius 3 is 2.47 bits per heavy atom. The molecule has 0 spiro atoms. The molecule has 0 aliphatic carbocycles. The standard InChI is InChI=1S/C26H20BrCl4N3O2/c1-2-3-4-24-33-23-8-6-17(27)11-19(23)26(35)34(24)32-13-15-9-21(30)25(22(31)10-15)36-14-16-5-7-18(28)12-20(16)29/h5-13H,2-4,14H2,1H3. The van der Waals surface area contributed by atoms with Crippen LogP contribution in [0.2, 0.25) is 20.1 Å². The Balaban J connectivity index is 1.64. The SMILES string of the molecule is CCCCc1nc2ccc(Br)cc2c(=O)n1N=Cc1cc(Cl)c(OCc2ccc(Cl)cc2Cl)c(Cl)c1. The second kappa shape index (κ2) is 12.0. The van der Waals surface area contributed by atoms with Gasteiger partial charge in [0.15, 0.2) is 5.75 Å². The van der Waals surface area contributed by atoms with E-state index in [4.69, 9.17) is 51.1 Å². The van der Waals surface area contributed by atoms with E-state index in [1.54, 1.807) is 36.4 Å².